The summed E-state index contributed by atoms with van der Waals surface area (Å²) in [7, 11) is 0. The Morgan fingerprint density at radius 3 is 2.42 bits per heavy atom. The smallest absolute Gasteiger partial charge is 0.340 e. The van der Waals surface area contributed by atoms with Crippen molar-refractivity contribution in [3.8, 4) is 0 Å². The van der Waals surface area contributed by atoms with Gasteiger partial charge in [-0.1, -0.05) is 12.1 Å². The lowest BCUT2D eigenvalue weighted by molar-refractivity contribution is -0.393. The minimum Gasteiger partial charge on any atom is -0.462 e. The third-order valence-corrected chi connectivity index (χ3v) is 3.08. The first-order chi connectivity index (χ1) is 11.4. The molecule has 2 aromatic rings. The van der Waals surface area contributed by atoms with E-state index >= 15 is 0 Å². The van der Waals surface area contributed by atoms with E-state index in [0.29, 0.717) is 5.69 Å². The molecule has 0 saturated heterocycles. The van der Waals surface area contributed by atoms with Gasteiger partial charge in [-0.05, 0) is 25.1 Å². The van der Waals surface area contributed by atoms with Gasteiger partial charge in [-0.3, -0.25) is 20.2 Å². The number of para-hydroxylation sites is 1. The number of rotatable bonds is 6. The first-order valence-corrected chi connectivity index (χ1v) is 6.90. The van der Waals surface area contributed by atoms with Gasteiger partial charge in [0.25, 0.3) is 11.4 Å². The van der Waals surface area contributed by atoms with Crippen molar-refractivity contribution in [3.63, 3.8) is 0 Å². The SMILES string of the molecule is CCOC(=O)c1ccccc1Nc1ccc([N+](=O)[O-])cc1[N+](=O)[O-]. The summed E-state index contributed by atoms with van der Waals surface area (Å²) >= 11 is 0. The van der Waals surface area contributed by atoms with Crippen LogP contribution in [-0.4, -0.2) is 22.4 Å². The van der Waals surface area contributed by atoms with E-state index in [4.69, 9.17) is 4.74 Å². The second kappa shape index (κ2) is 7.18. The summed E-state index contributed by atoms with van der Waals surface area (Å²) in [6.07, 6.45) is 0. The first kappa shape index (κ1) is 16.9. The molecule has 0 radical (unpaired) electrons. The Labute approximate surface area is 136 Å². The highest BCUT2D eigenvalue weighted by atomic mass is 16.6. The molecule has 0 atom stereocenters. The molecule has 2 rings (SSSR count). The van der Waals surface area contributed by atoms with Gasteiger partial charge in [0.05, 0.1) is 33.8 Å². The zero-order chi connectivity index (χ0) is 17.7. The summed E-state index contributed by atoms with van der Waals surface area (Å²) in [4.78, 5) is 32.4. The average molecular weight is 331 g/mol. The average Bonchev–Trinajstić information content (AvgIpc) is 2.55. The molecule has 9 nitrogen and oxygen atoms in total. The predicted molar refractivity (Wildman–Crippen MR) is 85.4 cm³/mol. The van der Waals surface area contributed by atoms with Gasteiger partial charge >= 0.3 is 5.97 Å². The fourth-order valence-electron chi connectivity index (χ4n) is 2.01. The number of esters is 1. The Bertz CT molecular complexity index is 806. The van der Waals surface area contributed by atoms with E-state index in [1.165, 1.54) is 12.1 Å². The Morgan fingerprint density at radius 2 is 1.79 bits per heavy atom. The Hall–Kier alpha value is -3.49. The van der Waals surface area contributed by atoms with Gasteiger partial charge in [0.1, 0.15) is 5.69 Å². The third-order valence-electron chi connectivity index (χ3n) is 3.08. The Balaban J connectivity index is 2.43. The van der Waals surface area contributed by atoms with Crippen molar-refractivity contribution in [3.05, 3.63) is 68.3 Å². The number of nitro groups is 2. The zero-order valence-corrected chi connectivity index (χ0v) is 12.6. The van der Waals surface area contributed by atoms with Crippen molar-refractivity contribution in [2.45, 2.75) is 6.92 Å². The van der Waals surface area contributed by atoms with Gasteiger partial charge < -0.3 is 10.1 Å². The van der Waals surface area contributed by atoms with E-state index in [2.05, 4.69) is 5.32 Å². The number of non-ortho nitro benzene ring substituents is 1. The van der Waals surface area contributed by atoms with Gasteiger partial charge in [0, 0.05) is 6.07 Å². The maximum absolute atomic E-state index is 11.9. The highest BCUT2D eigenvalue weighted by Gasteiger charge is 2.21. The lowest BCUT2D eigenvalue weighted by Gasteiger charge is -2.11. The van der Waals surface area contributed by atoms with Crippen LogP contribution < -0.4 is 5.32 Å². The van der Waals surface area contributed by atoms with E-state index in [0.717, 1.165) is 12.1 Å². The topological polar surface area (TPSA) is 125 Å². The fourth-order valence-corrected chi connectivity index (χ4v) is 2.01. The van der Waals surface area contributed by atoms with Crippen LogP contribution in [0.4, 0.5) is 22.7 Å². The summed E-state index contributed by atoms with van der Waals surface area (Å²) in [5, 5.41) is 24.7. The van der Waals surface area contributed by atoms with Crippen LogP contribution in [0.3, 0.4) is 0 Å². The number of nitrogens with zero attached hydrogens (tertiary/aromatic N) is 2. The van der Waals surface area contributed by atoms with Crippen LogP contribution in [0.1, 0.15) is 17.3 Å². The molecule has 0 fully saturated rings. The number of hydrogen-bond acceptors (Lipinski definition) is 7. The number of carbonyl (C=O) groups excluding carboxylic acids is 1. The predicted octanol–water partition coefficient (Wildman–Crippen LogP) is 3.42. The van der Waals surface area contributed by atoms with Gasteiger partial charge in [-0.25, -0.2) is 4.79 Å². The summed E-state index contributed by atoms with van der Waals surface area (Å²) in [6.45, 7) is 1.85. The number of benzene rings is 2. The molecule has 0 aliphatic heterocycles. The second-order valence-corrected chi connectivity index (χ2v) is 4.61. The Kier molecular flexibility index (Phi) is 5.05. The van der Waals surface area contributed by atoms with E-state index in [1.807, 2.05) is 0 Å². The number of anilines is 2. The van der Waals surface area contributed by atoms with Crippen LogP contribution in [-0.2, 0) is 4.74 Å². The zero-order valence-electron chi connectivity index (χ0n) is 12.6. The van der Waals surface area contributed by atoms with Gasteiger partial charge in [0.15, 0.2) is 0 Å². The molecular weight excluding hydrogens is 318 g/mol. The molecule has 2 aromatic carbocycles. The van der Waals surface area contributed by atoms with Gasteiger partial charge in [-0.15, -0.1) is 0 Å². The summed E-state index contributed by atoms with van der Waals surface area (Å²) in [5.41, 5.74) is -0.337. The summed E-state index contributed by atoms with van der Waals surface area (Å²) in [6, 6.07) is 9.55. The van der Waals surface area contributed by atoms with Crippen molar-refractivity contribution >= 4 is 28.7 Å². The number of nitrogens with one attached hydrogen (secondary N) is 1. The molecular formula is C15H13N3O6. The first-order valence-electron chi connectivity index (χ1n) is 6.90. The highest BCUT2D eigenvalue weighted by Crippen LogP contribution is 2.32. The molecule has 9 heteroatoms. The minimum absolute atomic E-state index is 0.0300. The lowest BCUT2D eigenvalue weighted by atomic mass is 10.1. The summed E-state index contributed by atoms with van der Waals surface area (Å²) < 4.78 is 4.93. The van der Waals surface area contributed by atoms with Crippen LogP contribution in [0.15, 0.2) is 42.5 Å². The molecule has 0 amide bonds. The van der Waals surface area contributed by atoms with Crippen molar-refractivity contribution in [2.24, 2.45) is 0 Å². The second-order valence-electron chi connectivity index (χ2n) is 4.61. The maximum Gasteiger partial charge on any atom is 0.340 e. The minimum atomic E-state index is -0.734. The van der Waals surface area contributed by atoms with E-state index in [9.17, 15) is 25.0 Å². The number of hydrogen-bond donors (Lipinski definition) is 1. The normalized spacial score (nSPS) is 10.0. The van der Waals surface area contributed by atoms with E-state index in [-0.39, 0.29) is 17.9 Å². The molecule has 124 valence electrons. The van der Waals surface area contributed by atoms with Crippen LogP contribution in [0.5, 0.6) is 0 Å². The lowest BCUT2D eigenvalue weighted by Crippen LogP contribution is -2.08. The third kappa shape index (κ3) is 3.64. The molecule has 0 spiro atoms. The summed E-state index contributed by atoms with van der Waals surface area (Å²) in [5.74, 6) is -0.579. The monoisotopic (exact) mass is 331 g/mol. The molecule has 0 heterocycles. The molecule has 0 aliphatic carbocycles. The van der Waals surface area contributed by atoms with Gasteiger partial charge in [0.2, 0.25) is 0 Å². The molecule has 24 heavy (non-hydrogen) atoms. The maximum atomic E-state index is 11.9. The highest BCUT2D eigenvalue weighted by molar-refractivity contribution is 5.97. The van der Waals surface area contributed by atoms with Crippen LogP contribution in [0.25, 0.3) is 0 Å². The van der Waals surface area contributed by atoms with Crippen molar-refractivity contribution < 1.29 is 19.4 Å². The number of carbonyl (C=O) groups is 1. The van der Waals surface area contributed by atoms with E-state index < -0.39 is 27.2 Å². The molecule has 1 N–H and O–H groups in total. The molecule has 0 aromatic heterocycles. The Morgan fingerprint density at radius 1 is 1.08 bits per heavy atom. The molecule has 0 bridgehead atoms. The number of ether oxygens (including phenoxy) is 1. The van der Waals surface area contributed by atoms with Crippen molar-refractivity contribution in [1.82, 2.24) is 0 Å². The van der Waals surface area contributed by atoms with Crippen LogP contribution in [0.2, 0.25) is 0 Å². The molecule has 0 saturated carbocycles. The van der Waals surface area contributed by atoms with Gasteiger partial charge in [-0.2, -0.15) is 0 Å². The quantitative estimate of drug-likeness (QED) is 0.488. The van der Waals surface area contributed by atoms with E-state index in [1.54, 1.807) is 25.1 Å². The standard InChI is InChI=1S/C15H13N3O6/c1-2-24-15(19)11-5-3-4-6-12(11)16-13-8-7-10(17(20)21)9-14(13)18(22)23/h3-9,16H,2H2,1H3. The molecule has 0 aliphatic rings. The van der Waals surface area contributed by atoms with Crippen molar-refractivity contribution in [2.75, 3.05) is 11.9 Å². The largest absolute Gasteiger partial charge is 0.462 e. The number of nitro benzene ring substituents is 2. The fraction of sp³-hybridized carbons (Fsp3) is 0.133. The van der Waals surface area contributed by atoms with Crippen LogP contribution in [0, 0.1) is 20.2 Å². The van der Waals surface area contributed by atoms with Crippen LogP contribution >= 0.6 is 0 Å². The molecule has 0 unspecified atom stereocenters. The van der Waals surface area contributed by atoms with Crippen molar-refractivity contribution in [1.29, 1.82) is 0 Å².